The molecule has 1 saturated carbocycles. The average Bonchev–Trinajstić information content (AvgIpc) is 2.85. The highest BCUT2D eigenvalue weighted by Crippen LogP contribution is 2.33. The zero-order valence-corrected chi connectivity index (χ0v) is 11.6. The maximum atomic E-state index is 12.1. The number of amides is 1. The summed E-state index contributed by atoms with van der Waals surface area (Å²) in [5, 5.41) is 4.00. The first-order valence-electron chi connectivity index (χ1n) is 7.34. The van der Waals surface area contributed by atoms with E-state index in [1.165, 1.54) is 6.42 Å². The molecule has 1 aliphatic carbocycles. The van der Waals surface area contributed by atoms with Gasteiger partial charge in [-0.15, -0.1) is 0 Å². The lowest BCUT2D eigenvalue weighted by molar-refractivity contribution is -0.143. The smallest absolute Gasteiger partial charge is 0.233 e. The molecule has 0 aromatic carbocycles. The van der Waals surface area contributed by atoms with Gasteiger partial charge >= 0.3 is 0 Å². The van der Waals surface area contributed by atoms with Crippen LogP contribution >= 0.6 is 0 Å². The van der Waals surface area contributed by atoms with Crippen LogP contribution in [0.25, 0.3) is 11.4 Å². The van der Waals surface area contributed by atoms with Crippen LogP contribution in [0.2, 0.25) is 0 Å². The first kappa shape index (κ1) is 12.5. The fourth-order valence-electron chi connectivity index (χ4n) is 2.75. The summed E-state index contributed by atoms with van der Waals surface area (Å²) in [5.74, 6) is 1.94. The first-order valence-corrected chi connectivity index (χ1v) is 7.34. The lowest BCUT2D eigenvalue weighted by Gasteiger charge is -2.41. The van der Waals surface area contributed by atoms with Gasteiger partial charge in [0.05, 0.1) is 5.92 Å². The topological polar surface area (TPSA) is 72.1 Å². The molecule has 21 heavy (non-hydrogen) atoms. The van der Waals surface area contributed by atoms with Gasteiger partial charge in [0.2, 0.25) is 17.6 Å². The van der Waals surface area contributed by atoms with Gasteiger partial charge < -0.3 is 9.42 Å². The van der Waals surface area contributed by atoms with Gasteiger partial charge in [-0.2, -0.15) is 4.98 Å². The SMILES string of the molecule is O=C(C1CCC1)N1CC(c2nc(-c3ccncc3)no2)C1. The van der Waals surface area contributed by atoms with Crippen LogP contribution in [0, 0.1) is 5.92 Å². The molecule has 4 rings (SSSR count). The van der Waals surface area contributed by atoms with Gasteiger partial charge in [-0.3, -0.25) is 9.78 Å². The molecule has 2 fully saturated rings. The van der Waals surface area contributed by atoms with E-state index in [1.54, 1.807) is 12.4 Å². The molecular weight excluding hydrogens is 268 g/mol. The highest BCUT2D eigenvalue weighted by Gasteiger charge is 2.39. The third-order valence-electron chi connectivity index (χ3n) is 4.38. The Morgan fingerprint density at radius 2 is 2.00 bits per heavy atom. The van der Waals surface area contributed by atoms with Crippen molar-refractivity contribution in [2.75, 3.05) is 13.1 Å². The molecule has 2 aliphatic rings. The zero-order chi connectivity index (χ0) is 14.2. The van der Waals surface area contributed by atoms with Gasteiger partial charge in [0.1, 0.15) is 0 Å². The second kappa shape index (κ2) is 4.95. The molecule has 0 radical (unpaired) electrons. The molecule has 0 atom stereocenters. The summed E-state index contributed by atoms with van der Waals surface area (Å²) in [5.41, 5.74) is 0.890. The summed E-state index contributed by atoms with van der Waals surface area (Å²) in [6.07, 6.45) is 6.69. The Morgan fingerprint density at radius 1 is 1.24 bits per heavy atom. The summed E-state index contributed by atoms with van der Waals surface area (Å²) in [6, 6.07) is 3.70. The highest BCUT2D eigenvalue weighted by atomic mass is 16.5. The van der Waals surface area contributed by atoms with Crippen molar-refractivity contribution in [3.63, 3.8) is 0 Å². The van der Waals surface area contributed by atoms with E-state index in [9.17, 15) is 4.79 Å². The zero-order valence-electron chi connectivity index (χ0n) is 11.6. The monoisotopic (exact) mass is 284 g/mol. The molecule has 108 valence electrons. The van der Waals surface area contributed by atoms with E-state index >= 15 is 0 Å². The second-order valence-electron chi connectivity index (χ2n) is 5.76. The Labute approximate surface area is 122 Å². The largest absolute Gasteiger partial charge is 0.341 e. The summed E-state index contributed by atoms with van der Waals surface area (Å²) >= 11 is 0. The standard InChI is InChI=1S/C15H16N4O2/c20-15(11-2-1-3-11)19-8-12(9-19)14-17-13(18-21-14)10-4-6-16-7-5-10/h4-7,11-12H,1-3,8-9H2. The molecule has 6 heteroatoms. The molecule has 0 bridgehead atoms. The van der Waals surface area contributed by atoms with E-state index in [0.717, 1.165) is 18.4 Å². The second-order valence-corrected chi connectivity index (χ2v) is 5.76. The van der Waals surface area contributed by atoms with Crippen LogP contribution in [0.3, 0.4) is 0 Å². The predicted octanol–water partition coefficient (Wildman–Crippen LogP) is 1.86. The Morgan fingerprint density at radius 3 is 2.67 bits per heavy atom. The number of pyridine rings is 1. The van der Waals surface area contributed by atoms with E-state index in [2.05, 4.69) is 15.1 Å². The van der Waals surface area contributed by atoms with Crippen molar-refractivity contribution in [2.45, 2.75) is 25.2 Å². The number of hydrogen-bond donors (Lipinski definition) is 0. The summed E-state index contributed by atoms with van der Waals surface area (Å²) in [7, 11) is 0. The number of aromatic nitrogens is 3. The molecular formula is C15H16N4O2. The normalized spacial score (nSPS) is 19.1. The van der Waals surface area contributed by atoms with E-state index < -0.39 is 0 Å². The maximum Gasteiger partial charge on any atom is 0.233 e. The first-order chi connectivity index (χ1) is 10.3. The van der Waals surface area contributed by atoms with Crippen molar-refractivity contribution < 1.29 is 9.32 Å². The van der Waals surface area contributed by atoms with Gasteiger partial charge in [-0.1, -0.05) is 11.6 Å². The Kier molecular flexibility index (Phi) is 2.94. The van der Waals surface area contributed by atoms with Gasteiger partial charge in [0, 0.05) is 37.0 Å². The van der Waals surface area contributed by atoms with Gasteiger partial charge in [0.15, 0.2) is 0 Å². The molecule has 6 nitrogen and oxygen atoms in total. The lowest BCUT2D eigenvalue weighted by atomic mass is 9.83. The number of nitrogens with zero attached hydrogens (tertiary/aromatic N) is 4. The number of likely N-dealkylation sites (tertiary alicyclic amines) is 1. The Hall–Kier alpha value is -2.24. The predicted molar refractivity (Wildman–Crippen MR) is 74.2 cm³/mol. The average molecular weight is 284 g/mol. The highest BCUT2D eigenvalue weighted by molar-refractivity contribution is 5.80. The minimum Gasteiger partial charge on any atom is -0.341 e. The van der Waals surface area contributed by atoms with Crippen LogP contribution in [-0.2, 0) is 4.79 Å². The Balaban J connectivity index is 1.40. The summed E-state index contributed by atoms with van der Waals surface area (Å²) in [6.45, 7) is 1.40. The van der Waals surface area contributed by atoms with E-state index in [1.807, 2.05) is 17.0 Å². The molecule has 0 spiro atoms. The van der Waals surface area contributed by atoms with Crippen molar-refractivity contribution in [2.24, 2.45) is 5.92 Å². The van der Waals surface area contributed by atoms with Gasteiger partial charge in [-0.25, -0.2) is 0 Å². The fraction of sp³-hybridized carbons (Fsp3) is 0.467. The third-order valence-corrected chi connectivity index (χ3v) is 4.38. The maximum absolute atomic E-state index is 12.1. The summed E-state index contributed by atoms with van der Waals surface area (Å²) < 4.78 is 5.33. The van der Waals surface area contributed by atoms with Crippen LogP contribution in [0.4, 0.5) is 0 Å². The van der Waals surface area contributed by atoms with Crippen molar-refractivity contribution in [3.05, 3.63) is 30.4 Å². The van der Waals surface area contributed by atoms with Crippen LogP contribution in [0.5, 0.6) is 0 Å². The van der Waals surface area contributed by atoms with Crippen LogP contribution < -0.4 is 0 Å². The van der Waals surface area contributed by atoms with Crippen molar-refractivity contribution in [3.8, 4) is 11.4 Å². The molecule has 3 heterocycles. The quantitative estimate of drug-likeness (QED) is 0.860. The third kappa shape index (κ3) is 2.20. The van der Waals surface area contributed by atoms with E-state index in [-0.39, 0.29) is 11.8 Å². The number of hydrogen-bond acceptors (Lipinski definition) is 5. The fourth-order valence-corrected chi connectivity index (χ4v) is 2.75. The van der Waals surface area contributed by atoms with Gasteiger partial charge in [-0.05, 0) is 25.0 Å². The summed E-state index contributed by atoms with van der Waals surface area (Å²) in [4.78, 5) is 22.4. The number of carbonyl (C=O) groups is 1. The minimum absolute atomic E-state index is 0.178. The van der Waals surface area contributed by atoms with Crippen molar-refractivity contribution in [1.82, 2.24) is 20.0 Å². The molecule has 1 amide bonds. The minimum atomic E-state index is 0.178. The molecule has 1 saturated heterocycles. The van der Waals surface area contributed by atoms with Gasteiger partial charge in [0.25, 0.3) is 0 Å². The number of carbonyl (C=O) groups excluding carboxylic acids is 1. The van der Waals surface area contributed by atoms with E-state index in [4.69, 9.17) is 4.52 Å². The number of rotatable bonds is 3. The van der Waals surface area contributed by atoms with Crippen LogP contribution in [-0.4, -0.2) is 39.0 Å². The molecule has 2 aromatic rings. The lowest BCUT2D eigenvalue weighted by Crippen LogP contribution is -2.51. The molecule has 1 aliphatic heterocycles. The van der Waals surface area contributed by atoms with Crippen LogP contribution in [0.15, 0.2) is 29.0 Å². The van der Waals surface area contributed by atoms with Crippen LogP contribution in [0.1, 0.15) is 31.1 Å². The van der Waals surface area contributed by atoms with Crippen molar-refractivity contribution >= 4 is 5.91 Å². The van der Waals surface area contributed by atoms with E-state index in [0.29, 0.717) is 30.7 Å². The Bertz CT molecular complexity index is 645. The molecule has 2 aromatic heterocycles. The molecule has 0 unspecified atom stereocenters. The van der Waals surface area contributed by atoms with Crippen molar-refractivity contribution in [1.29, 1.82) is 0 Å². The molecule has 0 N–H and O–H groups in total.